The molecular formula is C17H15ClFN3O2S. The number of carbonyl (C=O) groups excluding carboxylic acids is 2. The molecule has 1 spiro atoms. The predicted octanol–water partition coefficient (Wildman–Crippen LogP) is 3.14. The summed E-state index contributed by atoms with van der Waals surface area (Å²) in [6.07, 6.45) is 5.10. The molecule has 0 radical (unpaired) electrons. The lowest BCUT2D eigenvalue weighted by Crippen LogP contribution is -2.47. The van der Waals surface area contributed by atoms with Gasteiger partial charge in [-0.1, -0.05) is 11.6 Å². The molecule has 4 rings (SSSR count). The smallest absolute Gasteiger partial charge is 0.263 e. The second kappa shape index (κ2) is 6.07. The van der Waals surface area contributed by atoms with Crippen molar-refractivity contribution in [2.45, 2.75) is 37.3 Å². The van der Waals surface area contributed by atoms with Crippen LogP contribution < -0.4 is 10.6 Å². The van der Waals surface area contributed by atoms with Crippen LogP contribution in [0.25, 0.3) is 10.6 Å². The summed E-state index contributed by atoms with van der Waals surface area (Å²) in [7, 11) is 0. The molecule has 2 amide bonds. The minimum atomic E-state index is -0.512. The third-order valence-electron chi connectivity index (χ3n) is 4.75. The maximum absolute atomic E-state index is 13.5. The number of nitrogens with one attached hydrogen (secondary N) is 2. The Bertz CT molecular complexity index is 845. The zero-order valence-corrected chi connectivity index (χ0v) is 14.7. The normalized spacial score (nSPS) is 21.0. The molecule has 2 aliphatic rings. The van der Waals surface area contributed by atoms with Crippen molar-refractivity contribution in [2.75, 3.05) is 0 Å². The van der Waals surface area contributed by atoms with Crippen molar-refractivity contribution in [3.8, 4) is 10.6 Å². The minimum absolute atomic E-state index is 0.119. The highest BCUT2D eigenvalue weighted by molar-refractivity contribution is 7.16. The Balaban J connectivity index is 1.48. The van der Waals surface area contributed by atoms with E-state index in [9.17, 15) is 14.0 Å². The molecule has 130 valence electrons. The first-order valence-electron chi connectivity index (χ1n) is 7.99. The summed E-state index contributed by atoms with van der Waals surface area (Å²) in [4.78, 5) is 29.0. The van der Waals surface area contributed by atoms with Crippen LogP contribution in [0.15, 0.2) is 24.4 Å². The van der Waals surface area contributed by atoms with Crippen molar-refractivity contribution in [3.63, 3.8) is 0 Å². The van der Waals surface area contributed by atoms with E-state index in [4.69, 9.17) is 11.6 Å². The van der Waals surface area contributed by atoms with Gasteiger partial charge in [0.05, 0.1) is 6.20 Å². The fraction of sp³-hybridized carbons (Fsp3) is 0.353. The van der Waals surface area contributed by atoms with Crippen molar-refractivity contribution < 1.29 is 14.0 Å². The van der Waals surface area contributed by atoms with Crippen LogP contribution in [0.1, 0.15) is 35.4 Å². The van der Waals surface area contributed by atoms with Gasteiger partial charge in [0.1, 0.15) is 21.7 Å². The number of carbonyl (C=O) groups is 2. The Kier molecular flexibility index (Phi) is 4.00. The number of benzene rings is 1. The molecule has 1 atom stereocenters. The predicted molar refractivity (Wildman–Crippen MR) is 93.1 cm³/mol. The van der Waals surface area contributed by atoms with Gasteiger partial charge in [-0.05, 0) is 43.9 Å². The first-order valence-corrected chi connectivity index (χ1v) is 9.19. The van der Waals surface area contributed by atoms with Gasteiger partial charge in [-0.15, -0.1) is 11.3 Å². The SMILES string of the molecule is O=C(N[C@@H]1CC2(CCC2)NC1=O)c1cnc(-c2cc(F)cc(Cl)c2)s1. The van der Waals surface area contributed by atoms with Gasteiger partial charge in [-0.25, -0.2) is 9.37 Å². The maximum Gasteiger partial charge on any atom is 0.263 e. The number of hydrogen-bond donors (Lipinski definition) is 2. The quantitative estimate of drug-likeness (QED) is 0.860. The molecule has 1 saturated carbocycles. The minimum Gasteiger partial charge on any atom is -0.349 e. The first-order chi connectivity index (χ1) is 11.9. The van der Waals surface area contributed by atoms with Gasteiger partial charge in [0.25, 0.3) is 5.91 Å². The fourth-order valence-corrected chi connectivity index (χ4v) is 4.38. The summed E-state index contributed by atoms with van der Waals surface area (Å²) in [5.74, 6) is -0.936. The Labute approximate surface area is 152 Å². The molecule has 2 aromatic rings. The van der Waals surface area contributed by atoms with Gasteiger partial charge in [0, 0.05) is 16.1 Å². The van der Waals surface area contributed by atoms with E-state index in [-0.39, 0.29) is 22.4 Å². The Hall–Kier alpha value is -1.99. The second-order valence-electron chi connectivity index (χ2n) is 6.54. The molecule has 0 unspecified atom stereocenters. The van der Waals surface area contributed by atoms with Crippen LogP contribution in [0.3, 0.4) is 0 Å². The number of thiazole rings is 1. The van der Waals surface area contributed by atoms with Crippen LogP contribution in [-0.4, -0.2) is 28.4 Å². The number of nitrogens with zero attached hydrogens (tertiary/aromatic N) is 1. The van der Waals surface area contributed by atoms with Crippen LogP contribution in [0, 0.1) is 5.82 Å². The molecule has 1 aliphatic heterocycles. The molecule has 25 heavy (non-hydrogen) atoms. The first kappa shape index (κ1) is 16.5. The number of aromatic nitrogens is 1. The number of halogens is 2. The Morgan fingerprint density at radius 1 is 1.40 bits per heavy atom. The summed E-state index contributed by atoms with van der Waals surface area (Å²) >= 11 is 6.99. The van der Waals surface area contributed by atoms with Gasteiger partial charge in [0.2, 0.25) is 5.91 Å². The topological polar surface area (TPSA) is 71.1 Å². The molecule has 0 bridgehead atoms. The highest BCUT2D eigenvalue weighted by atomic mass is 35.5. The lowest BCUT2D eigenvalue weighted by molar-refractivity contribution is -0.121. The Morgan fingerprint density at radius 3 is 2.84 bits per heavy atom. The zero-order chi connectivity index (χ0) is 17.6. The van der Waals surface area contributed by atoms with Crippen LogP contribution in [0.2, 0.25) is 5.02 Å². The van der Waals surface area contributed by atoms with Gasteiger partial charge in [-0.3, -0.25) is 9.59 Å². The van der Waals surface area contributed by atoms with Crippen molar-refractivity contribution in [1.29, 1.82) is 0 Å². The van der Waals surface area contributed by atoms with Gasteiger partial charge >= 0.3 is 0 Å². The van der Waals surface area contributed by atoms with E-state index in [0.717, 1.165) is 30.6 Å². The third-order valence-corrected chi connectivity index (χ3v) is 6.02. The van der Waals surface area contributed by atoms with Crippen LogP contribution in [0.5, 0.6) is 0 Å². The highest BCUT2D eigenvalue weighted by Gasteiger charge is 2.48. The van der Waals surface area contributed by atoms with E-state index in [2.05, 4.69) is 15.6 Å². The molecular weight excluding hydrogens is 365 g/mol. The molecule has 1 aromatic carbocycles. The summed E-state index contributed by atoms with van der Waals surface area (Å²) in [6.45, 7) is 0. The monoisotopic (exact) mass is 379 g/mol. The number of amides is 2. The molecule has 1 aromatic heterocycles. The van der Waals surface area contributed by atoms with Crippen molar-refractivity contribution >= 4 is 34.8 Å². The lowest BCUT2D eigenvalue weighted by Gasteiger charge is -2.37. The maximum atomic E-state index is 13.5. The number of rotatable bonds is 3. The van der Waals surface area contributed by atoms with E-state index in [1.165, 1.54) is 18.3 Å². The van der Waals surface area contributed by atoms with Crippen molar-refractivity contribution in [1.82, 2.24) is 15.6 Å². The fourth-order valence-electron chi connectivity index (χ4n) is 3.35. The molecule has 1 aliphatic carbocycles. The van der Waals surface area contributed by atoms with Gasteiger partial charge in [-0.2, -0.15) is 0 Å². The summed E-state index contributed by atoms with van der Waals surface area (Å²) in [5.41, 5.74) is 0.396. The largest absolute Gasteiger partial charge is 0.349 e. The van der Waals surface area contributed by atoms with Gasteiger partial charge < -0.3 is 10.6 Å². The van der Waals surface area contributed by atoms with Crippen LogP contribution >= 0.6 is 22.9 Å². The zero-order valence-electron chi connectivity index (χ0n) is 13.1. The van der Waals surface area contributed by atoms with E-state index < -0.39 is 11.9 Å². The molecule has 2 heterocycles. The van der Waals surface area contributed by atoms with Crippen molar-refractivity contribution in [2.24, 2.45) is 0 Å². The molecule has 8 heteroatoms. The molecule has 2 N–H and O–H groups in total. The molecule has 2 fully saturated rings. The van der Waals surface area contributed by atoms with Crippen LogP contribution in [-0.2, 0) is 4.79 Å². The lowest BCUT2D eigenvalue weighted by atomic mass is 9.75. The molecule has 1 saturated heterocycles. The summed E-state index contributed by atoms with van der Waals surface area (Å²) in [6, 6.07) is 3.61. The van der Waals surface area contributed by atoms with E-state index in [0.29, 0.717) is 21.9 Å². The average Bonchev–Trinajstić information content (AvgIpc) is 3.11. The number of hydrogen-bond acceptors (Lipinski definition) is 4. The van der Waals surface area contributed by atoms with E-state index in [1.807, 2.05) is 0 Å². The second-order valence-corrected chi connectivity index (χ2v) is 8.01. The van der Waals surface area contributed by atoms with Crippen LogP contribution in [0.4, 0.5) is 4.39 Å². The Morgan fingerprint density at radius 2 is 2.20 bits per heavy atom. The summed E-state index contributed by atoms with van der Waals surface area (Å²) < 4.78 is 13.5. The van der Waals surface area contributed by atoms with Crippen molar-refractivity contribution in [3.05, 3.63) is 40.1 Å². The third kappa shape index (κ3) is 3.14. The van der Waals surface area contributed by atoms with Gasteiger partial charge in [0.15, 0.2) is 0 Å². The average molecular weight is 380 g/mol. The van der Waals surface area contributed by atoms with E-state index >= 15 is 0 Å². The summed E-state index contributed by atoms with van der Waals surface area (Å²) in [5, 5.41) is 6.54. The van der Waals surface area contributed by atoms with E-state index in [1.54, 1.807) is 6.07 Å². The standard InChI is InChI=1S/C17H15ClFN3O2S/c18-10-4-9(5-11(19)6-10)16-20-8-13(25-16)15(24)21-12-7-17(2-1-3-17)22-14(12)23/h4-6,8,12H,1-3,7H2,(H,21,24)(H,22,23)/t12-/m1/s1. The molecule has 5 nitrogen and oxygen atoms in total. The highest BCUT2D eigenvalue weighted by Crippen LogP contribution is 2.39.